The van der Waals surface area contributed by atoms with Gasteiger partial charge in [0.25, 0.3) is 0 Å². The van der Waals surface area contributed by atoms with E-state index in [4.69, 9.17) is 16.3 Å². The topological polar surface area (TPSA) is 94.7 Å². The summed E-state index contributed by atoms with van der Waals surface area (Å²) >= 11 is 0. The Morgan fingerprint density at radius 1 is 1.26 bits per heavy atom. The van der Waals surface area contributed by atoms with Gasteiger partial charge in [-0.25, -0.2) is 4.68 Å². The van der Waals surface area contributed by atoms with Crippen LogP contribution in [-0.4, -0.2) is 23.9 Å². The summed E-state index contributed by atoms with van der Waals surface area (Å²) in [7, 11) is 3.58. The molecular formula is C13H12N6. The van der Waals surface area contributed by atoms with Crippen molar-refractivity contribution < 1.29 is 0 Å². The highest BCUT2D eigenvalue weighted by Gasteiger charge is 2.17. The molecule has 0 unspecified atom stereocenters. The summed E-state index contributed by atoms with van der Waals surface area (Å²) in [6.45, 7) is 0. The molecule has 0 aliphatic rings. The summed E-state index contributed by atoms with van der Waals surface area (Å²) < 4.78 is 1.47. The molecule has 1 heterocycles. The minimum atomic E-state index is 0.265. The van der Waals surface area contributed by atoms with Crippen LogP contribution in [0.25, 0.3) is 5.69 Å². The number of rotatable bonds is 2. The van der Waals surface area contributed by atoms with Crippen LogP contribution < -0.4 is 10.6 Å². The monoisotopic (exact) mass is 252 g/mol. The lowest BCUT2D eigenvalue weighted by atomic mass is 10.2. The van der Waals surface area contributed by atoms with E-state index in [1.165, 1.54) is 4.68 Å². The van der Waals surface area contributed by atoms with Crippen LogP contribution in [0.5, 0.6) is 0 Å². The lowest BCUT2D eigenvalue weighted by molar-refractivity contribution is 0.874. The van der Waals surface area contributed by atoms with Gasteiger partial charge in [-0.15, -0.1) is 5.10 Å². The van der Waals surface area contributed by atoms with Crippen LogP contribution in [0.2, 0.25) is 0 Å². The predicted octanol–water partition coefficient (Wildman–Crippen LogP) is 1.26. The van der Waals surface area contributed by atoms with E-state index in [2.05, 4.69) is 11.2 Å². The first-order valence-electron chi connectivity index (χ1n) is 5.55. The quantitative estimate of drug-likeness (QED) is 0.868. The molecule has 94 valence electrons. The molecule has 2 aromatic rings. The number of hydrogen-bond donors (Lipinski definition) is 1. The van der Waals surface area contributed by atoms with Gasteiger partial charge in [-0.1, -0.05) is 6.07 Å². The number of nitrogens with two attached hydrogens (primary N) is 1. The summed E-state index contributed by atoms with van der Waals surface area (Å²) in [5, 5.41) is 22.4. The normalized spacial score (nSPS) is 9.68. The molecule has 6 heteroatoms. The van der Waals surface area contributed by atoms with E-state index < -0.39 is 0 Å². The van der Waals surface area contributed by atoms with Gasteiger partial charge in [-0.3, -0.25) is 0 Å². The number of nitriles is 2. The maximum absolute atomic E-state index is 9.15. The summed E-state index contributed by atoms with van der Waals surface area (Å²) in [6.07, 6.45) is 0. The minimum Gasteiger partial charge on any atom is -0.382 e. The molecule has 0 saturated heterocycles. The van der Waals surface area contributed by atoms with Crippen molar-refractivity contribution in [2.75, 3.05) is 24.7 Å². The SMILES string of the molecule is CN(C)c1nn(-c2cccc(C#N)c2)c(N)c1C#N. The van der Waals surface area contributed by atoms with Gasteiger partial charge < -0.3 is 10.6 Å². The van der Waals surface area contributed by atoms with Crippen molar-refractivity contribution in [3.05, 3.63) is 35.4 Å². The maximum atomic E-state index is 9.15. The second-order valence-corrected chi connectivity index (χ2v) is 4.16. The molecule has 1 aromatic carbocycles. The fraction of sp³-hybridized carbons (Fsp3) is 0.154. The van der Waals surface area contributed by atoms with Gasteiger partial charge >= 0.3 is 0 Å². The third kappa shape index (κ3) is 2.07. The highest BCUT2D eigenvalue weighted by Crippen LogP contribution is 2.25. The second kappa shape index (κ2) is 4.71. The van der Waals surface area contributed by atoms with Crippen LogP contribution in [-0.2, 0) is 0 Å². The van der Waals surface area contributed by atoms with Crippen LogP contribution in [0.4, 0.5) is 11.6 Å². The fourth-order valence-electron chi connectivity index (χ4n) is 1.74. The van der Waals surface area contributed by atoms with Gasteiger partial charge in [0.05, 0.1) is 17.3 Å². The third-order valence-corrected chi connectivity index (χ3v) is 2.66. The lowest BCUT2D eigenvalue weighted by Crippen LogP contribution is -2.11. The molecule has 0 amide bonds. The molecule has 0 aliphatic heterocycles. The Hall–Kier alpha value is -2.99. The van der Waals surface area contributed by atoms with E-state index in [0.29, 0.717) is 22.6 Å². The molecule has 0 spiro atoms. The van der Waals surface area contributed by atoms with Gasteiger partial charge in [-0.2, -0.15) is 10.5 Å². The first kappa shape index (κ1) is 12.5. The average molecular weight is 252 g/mol. The van der Waals surface area contributed by atoms with Crippen molar-refractivity contribution in [1.82, 2.24) is 9.78 Å². The van der Waals surface area contributed by atoms with Crippen LogP contribution in [0.3, 0.4) is 0 Å². The van der Waals surface area contributed by atoms with Gasteiger partial charge in [0.2, 0.25) is 0 Å². The molecule has 19 heavy (non-hydrogen) atoms. The van der Waals surface area contributed by atoms with E-state index in [0.717, 1.165) is 0 Å². The molecule has 0 fully saturated rings. The van der Waals surface area contributed by atoms with Crippen molar-refractivity contribution in [2.45, 2.75) is 0 Å². The Kier molecular flexibility index (Phi) is 3.09. The molecule has 2 N–H and O–H groups in total. The molecule has 0 atom stereocenters. The zero-order chi connectivity index (χ0) is 14.0. The van der Waals surface area contributed by atoms with E-state index >= 15 is 0 Å². The number of aromatic nitrogens is 2. The Labute approximate surface area is 110 Å². The van der Waals surface area contributed by atoms with Crippen LogP contribution in [0.1, 0.15) is 11.1 Å². The second-order valence-electron chi connectivity index (χ2n) is 4.16. The fourth-order valence-corrected chi connectivity index (χ4v) is 1.74. The molecule has 1 aromatic heterocycles. The number of nitrogen functional groups attached to an aromatic ring is 1. The smallest absolute Gasteiger partial charge is 0.170 e. The minimum absolute atomic E-state index is 0.265. The number of benzene rings is 1. The highest BCUT2D eigenvalue weighted by atomic mass is 15.4. The van der Waals surface area contributed by atoms with Crippen LogP contribution >= 0.6 is 0 Å². The molecule has 6 nitrogen and oxygen atoms in total. The van der Waals surface area contributed by atoms with Crippen molar-refractivity contribution in [2.24, 2.45) is 0 Å². The molecule has 0 saturated carbocycles. The molecule has 2 rings (SSSR count). The third-order valence-electron chi connectivity index (χ3n) is 2.66. The standard InChI is InChI=1S/C13H12N6/c1-18(2)13-11(8-15)12(16)19(17-13)10-5-3-4-9(6-10)7-14/h3-6H,16H2,1-2H3. The Bertz CT molecular complexity index is 699. The molecule has 0 aliphatic carbocycles. The van der Waals surface area contributed by atoms with E-state index in [9.17, 15) is 0 Å². The Balaban J connectivity index is 2.64. The van der Waals surface area contributed by atoms with E-state index in [1.54, 1.807) is 43.3 Å². The zero-order valence-electron chi connectivity index (χ0n) is 10.6. The van der Waals surface area contributed by atoms with Crippen molar-refractivity contribution in [3.63, 3.8) is 0 Å². The number of hydrogen-bond acceptors (Lipinski definition) is 5. The average Bonchev–Trinajstić information content (AvgIpc) is 2.76. The summed E-state index contributed by atoms with van der Waals surface area (Å²) in [5.41, 5.74) is 7.44. The highest BCUT2D eigenvalue weighted by molar-refractivity contribution is 5.66. The van der Waals surface area contributed by atoms with Gasteiger partial charge in [0.1, 0.15) is 17.5 Å². The summed E-state index contributed by atoms with van der Waals surface area (Å²) in [4.78, 5) is 1.72. The largest absolute Gasteiger partial charge is 0.382 e. The molecule has 0 radical (unpaired) electrons. The van der Waals surface area contributed by atoms with Crippen LogP contribution in [0, 0.1) is 22.7 Å². The summed E-state index contributed by atoms with van der Waals surface area (Å²) in [5.74, 6) is 0.767. The number of nitrogens with zero attached hydrogens (tertiary/aromatic N) is 5. The predicted molar refractivity (Wildman–Crippen MR) is 71.7 cm³/mol. The lowest BCUT2D eigenvalue weighted by Gasteiger charge is -2.07. The maximum Gasteiger partial charge on any atom is 0.170 e. The molecular weight excluding hydrogens is 240 g/mol. The van der Waals surface area contributed by atoms with Gasteiger partial charge in [0, 0.05) is 14.1 Å². The zero-order valence-corrected chi connectivity index (χ0v) is 10.6. The summed E-state index contributed by atoms with van der Waals surface area (Å²) in [6, 6.07) is 11.0. The van der Waals surface area contributed by atoms with E-state index in [-0.39, 0.29) is 5.82 Å². The Morgan fingerprint density at radius 2 is 2.00 bits per heavy atom. The number of anilines is 2. The Morgan fingerprint density at radius 3 is 2.53 bits per heavy atom. The van der Waals surface area contributed by atoms with Gasteiger partial charge in [0.15, 0.2) is 5.82 Å². The first-order chi connectivity index (χ1) is 9.08. The van der Waals surface area contributed by atoms with Gasteiger partial charge in [-0.05, 0) is 18.2 Å². The van der Waals surface area contributed by atoms with Crippen molar-refractivity contribution in [3.8, 4) is 17.8 Å². The van der Waals surface area contributed by atoms with Crippen molar-refractivity contribution >= 4 is 11.6 Å². The van der Waals surface area contributed by atoms with Crippen molar-refractivity contribution in [1.29, 1.82) is 10.5 Å². The van der Waals surface area contributed by atoms with Crippen LogP contribution in [0.15, 0.2) is 24.3 Å². The molecule has 0 bridgehead atoms. The van der Waals surface area contributed by atoms with E-state index in [1.807, 2.05) is 6.07 Å². The first-order valence-corrected chi connectivity index (χ1v) is 5.55.